The molecule has 0 fully saturated rings. The SMILES string of the molecule is CC[C@@]1(O)C(=O)OCc2c1cc1n(c2=O)Cc2c-1nc1cc(F)c(C)c3c1c2[C@@H](NC(=O)COCNC(=O)CNC(=O)C(Cc1ccccc1)NC(=O)CNC(=O)CNC(=O)CCCCCN1C(=O)C=CC1=O)CC3. The molecular weight excluding hydrogens is 978 g/mol. The molecule has 23 heteroatoms. The van der Waals surface area contributed by atoms with Gasteiger partial charge in [-0.1, -0.05) is 43.7 Å². The van der Waals surface area contributed by atoms with E-state index in [4.69, 9.17) is 14.5 Å². The molecule has 8 amide bonds. The zero-order valence-electron chi connectivity index (χ0n) is 41.2. The fraction of sp³-hybridized carbons (Fsp3) is 0.404. The number of nitrogens with zero attached hydrogens (tertiary/aromatic N) is 3. The Morgan fingerprint density at radius 3 is 2.32 bits per heavy atom. The molecule has 75 heavy (non-hydrogen) atoms. The number of imide groups is 1. The minimum atomic E-state index is -2.05. The highest BCUT2D eigenvalue weighted by Crippen LogP contribution is 2.46. The average molecular weight is 1030 g/mol. The van der Waals surface area contributed by atoms with E-state index in [2.05, 4.69) is 31.9 Å². The van der Waals surface area contributed by atoms with E-state index in [9.17, 15) is 53.1 Å². The van der Waals surface area contributed by atoms with Crippen LogP contribution >= 0.6 is 0 Å². The summed E-state index contributed by atoms with van der Waals surface area (Å²) in [7, 11) is 0. The standard InChI is InChI=1S/C52H56FN9O13/c1-3-52(73)33-19-38-48-31(24-62(38)50(71)32(33)25-75-51(52)72)47-35(14-13-30-28(2)34(53)20-36(60-48)46(30)47)58-43(67)26-74-27-57-41(65)22-56-49(70)37(18-29-10-6-4-7-11-29)59-42(66)23-55-40(64)21-54-39(63)12-8-5-9-17-61-44(68)15-16-45(61)69/h4,6-7,10-11,15-16,19-20,35,37,73H,3,5,8-9,12-14,17-18,21-27H2,1-2H3,(H,54,63)(H,55,64)(H,56,70)(H,57,65)(H,58,67)(H,59,66)/t35-,37?,52-/m0/s1. The maximum absolute atomic E-state index is 15.4. The highest BCUT2D eigenvalue weighted by molar-refractivity contribution is 6.12. The highest BCUT2D eigenvalue weighted by atomic mass is 19.1. The molecule has 1 aliphatic carbocycles. The number of carbonyl (C=O) groups excluding carboxylic acids is 9. The number of nitrogens with one attached hydrogen (secondary N) is 6. The first-order valence-corrected chi connectivity index (χ1v) is 24.6. The van der Waals surface area contributed by atoms with Gasteiger partial charge in [0.1, 0.15) is 31.8 Å². The molecule has 2 aromatic heterocycles. The van der Waals surface area contributed by atoms with Crippen molar-refractivity contribution in [3.63, 3.8) is 0 Å². The van der Waals surface area contributed by atoms with Gasteiger partial charge in [0.15, 0.2) is 5.60 Å². The van der Waals surface area contributed by atoms with Crippen molar-refractivity contribution >= 4 is 64.1 Å². The van der Waals surface area contributed by atoms with Crippen molar-refractivity contribution < 1.29 is 62.1 Å². The molecule has 3 atom stereocenters. The molecule has 0 spiro atoms. The van der Waals surface area contributed by atoms with Crippen LogP contribution in [-0.4, -0.2) is 118 Å². The lowest BCUT2D eigenvalue weighted by atomic mass is 9.81. The number of aryl methyl sites for hydroxylation is 1. The van der Waals surface area contributed by atoms with Crippen molar-refractivity contribution in [2.45, 2.75) is 96.1 Å². The number of carbonyl (C=O) groups is 9. The summed E-state index contributed by atoms with van der Waals surface area (Å²) in [6.45, 7) is 0.880. The third-order valence-corrected chi connectivity index (χ3v) is 13.8. The lowest BCUT2D eigenvalue weighted by Gasteiger charge is -2.31. The first-order valence-electron chi connectivity index (χ1n) is 24.6. The monoisotopic (exact) mass is 1030 g/mol. The van der Waals surface area contributed by atoms with Crippen LogP contribution in [0.2, 0.25) is 0 Å². The molecule has 0 saturated heterocycles. The van der Waals surface area contributed by atoms with Crippen molar-refractivity contribution in [1.82, 2.24) is 46.4 Å². The smallest absolute Gasteiger partial charge is 0.343 e. The second-order valence-electron chi connectivity index (χ2n) is 18.6. The number of amides is 8. The number of halogens is 1. The predicted molar refractivity (Wildman–Crippen MR) is 263 cm³/mol. The number of hydrogen-bond donors (Lipinski definition) is 7. The number of aromatic nitrogens is 2. The third kappa shape index (κ3) is 11.6. The Morgan fingerprint density at radius 2 is 1.57 bits per heavy atom. The van der Waals surface area contributed by atoms with Gasteiger partial charge in [-0.05, 0) is 67.3 Å². The Kier molecular flexibility index (Phi) is 16.2. The number of cyclic esters (lactones) is 1. The van der Waals surface area contributed by atoms with Gasteiger partial charge in [-0.3, -0.25) is 48.1 Å². The maximum Gasteiger partial charge on any atom is 0.343 e. The van der Waals surface area contributed by atoms with E-state index in [1.165, 1.54) is 22.8 Å². The van der Waals surface area contributed by atoms with E-state index in [0.717, 1.165) is 10.5 Å². The van der Waals surface area contributed by atoms with Crippen molar-refractivity contribution in [2.75, 3.05) is 39.5 Å². The van der Waals surface area contributed by atoms with Crippen LogP contribution in [-0.2, 0) is 84.2 Å². The number of rotatable bonds is 22. The number of unbranched alkanes of at least 4 members (excludes halogenated alkanes) is 2. The van der Waals surface area contributed by atoms with Crippen molar-refractivity contribution in [3.8, 4) is 11.4 Å². The normalized spacial score (nSPS) is 17.4. The molecule has 1 unspecified atom stereocenters. The Balaban J connectivity index is 0.805. The lowest BCUT2D eigenvalue weighted by Crippen LogP contribution is -2.52. The molecule has 5 heterocycles. The molecule has 2 aromatic carbocycles. The van der Waals surface area contributed by atoms with Gasteiger partial charge >= 0.3 is 5.97 Å². The minimum absolute atomic E-state index is 0.0366. The molecule has 0 radical (unpaired) electrons. The second kappa shape index (κ2) is 22.9. The summed E-state index contributed by atoms with van der Waals surface area (Å²) in [6, 6.07) is 9.83. The second-order valence-corrected chi connectivity index (χ2v) is 18.6. The highest BCUT2D eigenvalue weighted by Gasteiger charge is 2.46. The minimum Gasteiger partial charge on any atom is -0.458 e. The largest absolute Gasteiger partial charge is 0.458 e. The lowest BCUT2D eigenvalue weighted by molar-refractivity contribution is -0.172. The summed E-state index contributed by atoms with van der Waals surface area (Å²) >= 11 is 0. The van der Waals surface area contributed by atoms with Gasteiger partial charge < -0.3 is 51.0 Å². The number of fused-ring (bicyclic) bond motifs is 5. The molecule has 22 nitrogen and oxygen atoms in total. The van der Waals surface area contributed by atoms with Crippen molar-refractivity contribution in [2.24, 2.45) is 0 Å². The quantitative estimate of drug-likeness (QED) is 0.0212. The molecule has 8 rings (SSSR count). The number of pyridine rings is 2. The topological polar surface area (TPSA) is 303 Å². The average Bonchev–Trinajstić information content (AvgIpc) is 3.98. The number of esters is 1. The summed E-state index contributed by atoms with van der Waals surface area (Å²) < 4.78 is 27.5. The first kappa shape index (κ1) is 53.1. The van der Waals surface area contributed by atoms with Crippen LogP contribution in [0, 0.1) is 12.7 Å². The number of hydrogen-bond acceptors (Lipinski definition) is 14. The Labute approximate surface area is 428 Å². The van der Waals surface area contributed by atoms with Gasteiger partial charge in [-0.15, -0.1) is 0 Å². The Bertz CT molecular complexity index is 3090. The van der Waals surface area contributed by atoms with Gasteiger partial charge in [-0.2, -0.15) is 0 Å². The summed E-state index contributed by atoms with van der Waals surface area (Å²) in [4.78, 5) is 133. The summed E-state index contributed by atoms with van der Waals surface area (Å²) in [5.74, 6) is -5.79. The van der Waals surface area contributed by atoms with Crippen LogP contribution in [0.4, 0.5) is 4.39 Å². The van der Waals surface area contributed by atoms with E-state index in [0.29, 0.717) is 76.6 Å². The molecule has 4 aliphatic rings. The molecular formula is C52H56FN9O13. The van der Waals surface area contributed by atoms with E-state index in [1.807, 2.05) is 0 Å². The van der Waals surface area contributed by atoms with Crippen LogP contribution in [0.15, 0.2) is 59.4 Å². The zero-order chi connectivity index (χ0) is 53.6. The van der Waals surface area contributed by atoms with Gasteiger partial charge in [-0.25, -0.2) is 14.2 Å². The van der Waals surface area contributed by atoms with Gasteiger partial charge in [0.25, 0.3) is 17.4 Å². The fourth-order valence-electron chi connectivity index (χ4n) is 9.76. The summed E-state index contributed by atoms with van der Waals surface area (Å²) in [6.07, 6.45) is 4.82. The molecule has 4 aromatic rings. The molecule has 0 bridgehead atoms. The Hall–Kier alpha value is -8.18. The van der Waals surface area contributed by atoms with Crippen LogP contribution < -0.4 is 37.5 Å². The van der Waals surface area contributed by atoms with Crippen LogP contribution in [0.3, 0.4) is 0 Å². The number of aliphatic hydroxyl groups is 1. The van der Waals surface area contributed by atoms with Crippen LogP contribution in [0.1, 0.15) is 90.4 Å². The van der Waals surface area contributed by atoms with Gasteiger partial charge in [0, 0.05) is 54.1 Å². The van der Waals surface area contributed by atoms with Gasteiger partial charge in [0.05, 0.1) is 54.7 Å². The van der Waals surface area contributed by atoms with Crippen molar-refractivity contribution in [1.29, 1.82) is 0 Å². The number of ether oxygens (including phenoxy) is 2. The van der Waals surface area contributed by atoms with E-state index < -0.39 is 103 Å². The molecule has 394 valence electrons. The van der Waals surface area contributed by atoms with Gasteiger partial charge in [0.2, 0.25) is 35.4 Å². The van der Waals surface area contributed by atoms with E-state index in [-0.39, 0.29) is 61.9 Å². The first-order chi connectivity index (χ1) is 36.0. The third-order valence-electron chi connectivity index (χ3n) is 13.8. The van der Waals surface area contributed by atoms with E-state index in [1.54, 1.807) is 50.2 Å². The van der Waals surface area contributed by atoms with E-state index >= 15 is 4.39 Å². The van der Waals surface area contributed by atoms with Crippen molar-refractivity contribution in [3.05, 3.63) is 110 Å². The maximum atomic E-state index is 15.4. The number of benzene rings is 2. The molecule has 7 N–H and O–H groups in total. The Morgan fingerprint density at radius 1 is 0.867 bits per heavy atom. The predicted octanol–water partition coefficient (Wildman–Crippen LogP) is 0.282. The summed E-state index contributed by atoms with van der Waals surface area (Å²) in [5, 5.41) is 27.4. The molecule has 3 aliphatic heterocycles. The zero-order valence-corrected chi connectivity index (χ0v) is 41.2. The van der Waals surface area contributed by atoms with Crippen LogP contribution in [0.25, 0.3) is 22.3 Å². The summed E-state index contributed by atoms with van der Waals surface area (Å²) in [5.41, 5.74) is 1.84. The fourth-order valence-corrected chi connectivity index (χ4v) is 9.76. The van der Waals surface area contributed by atoms with Crippen LogP contribution in [0.5, 0.6) is 0 Å². The molecule has 0 saturated carbocycles.